The largest absolute Gasteiger partial charge is 0.493 e. The molecule has 4 bridgehead atoms. The van der Waals surface area contributed by atoms with Crippen molar-refractivity contribution in [3.8, 4) is 23.0 Å². The fraction of sp³-hybridized carbons (Fsp3) is 0.417. The van der Waals surface area contributed by atoms with Gasteiger partial charge in [0.15, 0.2) is 23.7 Å². The summed E-state index contributed by atoms with van der Waals surface area (Å²) in [5.41, 5.74) is 1.11. The lowest BCUT2D eigenvalue weighted by molar-refractivity contribution is -0.166. The molecule has 9 nitrogen and oxygen atoms in total. The molecule has 2 aromatic rings. The molecule has 2 atom stereocenters. The zero-order chi connectivity index (χ0) is 23.8. The summed E-state index contributed by atoms with van der Waals surface area (Å²) in [5, 5.41) is 0. The van der Waals surface area contributed by atoms with Gasteiger partial charge in [-0.05, 0) is 29.8 Å². The van der Waals surface area contributed by atoms with Crippen molar-refractivity contribution >= 4 is 11.9 Å². The molecule has 4 aliphatic heterocycles. The maximum absolute atomic E-state index is 12.0. The molecule has 33 heavy (non-hydrogen) atoms. The van der Waals surface area contributed by atoms with Crippen LogP contribution in [0.25, 0.3) is 0 Å². The van der Waals surface area contributed by atoms with Gasteiger partial charge in [-0.25, -0.2) is 0 Å². The van der Waals surface area contributed by atoms with Crippen molar-refractivity contribution < 1.29 is 42.7 Å². The topological polar surface area (TPSA) is 98.8 Å². The molecule has 0 spiro atoms. The standard InChI is InChI=1S/C24H28O9/c1-15(25)32-22-17-5-7-19(8-6-17)30-11-9-29-10-12-31-24-20(27-3)13-18(14-21(24)28-4)23(22)33-16(2)26/h5-8,13-14,22-23H,9-12H2,1-4H3/t22-,23-/m1/s1. The monoisotopic (exact) mass is 460 g/mol. The number of esters is 2. The molecule has 6 rings (SSSR count). The third-order valence-electron chi connectivity index (χ3n) is 4.85. The van der Waals surface area contributed by atoms with Crippen LogP contribution in [0.4, 0.5) is 0 Å². The summed E-state index contributed by atoms with van der Waals surface area (Å²) in [6.45, 7) is 3.90. The molecule has 0 aromatic heterocycles. The summed E-state index contributed by atoms with van der Waals surface area (Å²) in [6.07, 6.45) is -1.91. The van der Waals surface area contributed by atoms with E-state index in [0.717, 1.165) is 0 Å². The molecular weight excluding hydrogens is 432 g/mol. The second kappa shape index (κ2) is 11.4. The second-order valence-corrected chi connectivity index (χ2v) is 7.19. The average Bonchev–Trinajstić information content (AvgIpc) is 2.80. The van der Waals surface area contributed by atoms with Gasteiger partial charge >= 0.3 is 11.9 Å². The van der Waals surface area contributed by atoms with E-state index in [1.807, 2.05) is 0 Å². The molecule has 0 saturated heterocycles. The highest BCUT2D eigenvalue weighted by Gasteiger charge is 2.32. The van der Waals surface area contributed by atoms with E-state index in [1.165, 1.54) is 28.1 Å². The van der Waals surface area contributed by atoms with Crippen LogP contribution in [0.3, 0.4) is 0 Å². The number of benzene rings is 2. The number of rotatable bonds is 4. The molecule has 0 radical (unpaired) electrons. The van der Waals surface area contributed by atoms with E-state index in [4.69, 9.17) is 33.2 Å². The minimum Gasteiger partial charge on any atom is -0.493 e. The van der Waals surface area contributed by atoms with Crippen molar-refractivity contribution in [2.45, 2.75) is 26.1 Å². The SMILES string of the molecule is COc1cc2cc(OC)c1OCCOCCOc1ccc(cc1)[C@@H](OC(C)=O)[C@@H]2OC(C)=O. The lowest BCUT2D eigenvalue weighted by Gasteiger charge is -2.28. The summed E-state index contributed by atoms with van der Waals surface area (Å²) in [5.74, 6) is 0.665. The van der Waals surface area contributed by atoms with Gasteiger partial charge in [-0.3, -0.25) is 9.59 Å². The van der Waals surface area contributed by atoms with Crippen molar-refractivity contribution in [2.24, 2.45) is 0 Å². The van der Waals surface area contributed by atoms with Crippen LogP contribution >= 0.6 is 0 Å². The maximum Gasteiger partial charge on any atom is 0.303 e. The Hall–Kier alpha value is -3.46. The van der Waals surface area contributed by atoms with E-state index >= 15 is 0 Å². The van der Waals surface area contributed by atoms with Crippen molar-refractivity contribution in [3.63, 3.8) is 0 Å². The molecule has 0 aliphatic carbocycles. The van der Waals surface area contributed by atoms with Crippen molar-refractivity contribution in [1.29, 1.82) is 0 Å². The van der Waals surface area contributed by atoms with E-state index in [1.54, 1.807) is 36.4 Å². The molecular formula is C24H28O9. The molecule has 0 N–H and O–H groups in total. The van der Waals surface area contributed by atoms with Crippen molar-refractivity contribution in [1.82, 2.24) is 0 Å². The summed E-state index contributed by atoms with van der Waals surface area (Å²) >= 11 is 0. The molecule has 0 amide bonds. The summed E-state index contributed by atoms with van der Waals surface area (Å²) in [7, 11) is 2.98. The van der Waals surface area contributed by atoms with Gasteiger partial charge in [-0.15, -0.1) is 0 Å². The minimum atomic E-state index is -0.978. The Bertz CT molecular complexity index is 930. The minimum absolute atomic E-state index is 0.254. The van der Waals surface area contributed by atoms with Crippen LogP contribution in [0.5, 0.6) is 23.0 Å². The predicted molar refractivity (Wildman–Crippen MR) is 117 cm³/mol. The zero-order valence-electron chi connectivity index (χ0n) is 19.1. The van der Waals surface area contributed by atoms with Gasteiger partial charge in [0.1, 0.15) is 19.0 Å². The molecule has 2 aromatic carbocycles. The van der Waals surface area contributed by atoms with Crippen LogP contribution in [0.1, 0.15) is 37.2 Å². The number of hydrogen-bond acceptors (Lipinski definition) is 9. The van der Waals surface area contributed by atoms with Gasteiger partial charge in [0.05, 0.1) is 27.4 Å². The van der Waals surface area contributed by atoms with Gasteiger partial charge in [0, 0.05) is 19.4 Å². The summed E-state index contributed by atoms with van der Waals surface area (Å²) < 4.78 is 39.4. The Balaban J connectivity index is 2.16. The number of ether oxygens (including phenoxy) is 7. The highest BCUT2D eigenvalue weighted by Crippen LogP contribution is 2.44. The quantitative estimate of drug-likeness (QED) is 0.636. The lowest BCUT2D eigenvalue weighted by atomic mass is 9.96. The van der Waals surface area contributed by atoms with Gasteiger partial charge in [0.2, 0.25) is 5.75 Å². The number of carbonyl (C=O) groups excluding carboxylic acids is 2. The van der Waals surface area contributed by atoms with E-state index in [-0.39, 0.29) is 6.61 Å². The second-order valence-electron chi connectivity index (χ2n) is 7.19. The van der Waals surface area contributed by atoms with Gasteiger partial charge in [0.25, 0.3) is 0 Å². The Kier molecular flexibility index (Phi) is 8.37. The maximum atomic E-state index is 12.0. The smallest absolute Gasteiger partial charge is 0.303 e. The van der Waals surface area contributed by atoms with Crippen LogP contribution < -0.4 is 18.9 Å². The van der Waals surface area contributed by atoms with Crippen LogP contribution in [-0.4, -0.2) is 52.6 Å². The molecule has 0 fully saturated rings. The molecule has 0 unspecified atom stereocenters. The van der Waals surface area contributed by atoms with Crippen molar-refractivity contribution in [2.75, 3.05) is 40.6 Å². The normalized spacial score (nSPS) is 18.4. The molecule has 0 saturated carbocycles. The number of methoxy groups -OCH3 is 2. The van der Waals surface area contributed by atoms with E-state index < -0.39 is 24.1 Å². The number of carbonyl (C=O) groups is 2. The van der Waals surface area contributed by atoms with Gasteiger partial charge in [-0.2, -0.15) is 0 Å². The molecule has 9 heteroatoms. The van der Waals surface area contributed by atoms with Crippen LogP contribution in [0.2, 0.25) is 0 Å². The summed E-state index contributed by atoms with van der Waals surface area (Å²) in [4.78, 5) is 24.0. The first kappa shape index (κ1) is 24.2. The first-order valence-corrected chi connectivity index (χ1v) is 10.5. The molecule has 178 valence electrons. The van der Waals surface area contributed by atoms with Crippen LogP contribution in [0.15, 0.2) is 36.4 Å². The third kappa shape index (κ3) is 6.29. The molecule has 4 heterocycles. The average molecular weight is 460 g/mol. The lowest BCUT2D eigenvalue weighted by Crippen LogP contribution is -2.22. The highest BCUT2D eigenvalue weighted by atomic mass is 16.6. The fourth-order valence-electron chi connectivity index (χ4n) is 3.45. The first-order valence-electron chi connectivity index (χ1n) is 10.5. The van der Waals surface area contributed by atoms with E-state index in [9.17, 15) is 9.59 Å². The zero-order valence-corrected chi connectivity index (χ0v) is 19.1. The van der Waals surface area contributed by atoms with E-state index in [2.05, 4.69) is 0 Å². The van der Waals surface area contributed by atoms with Crippen LogP contribution in [-0.2, 0) is 23.8 Å². The Morgan fingerprint density at radius 1 is 0.758 bits per heavy atom. The summed E-state index contributed by atoms with van der Waals surface area (Å²) in [6, 6.07) is 10.3. The van der Waals surface area contributed by atoms with Gasteiger partial charge in [-0.1, -0.05) is 12.1 Å². The third-order valence-corrected chi connectivity index (χ3v) is 4.85. The Morgan fingerprint density at radius 3 is 1.79 bits per heavy atom. The fourth-order valence-corrected chi connectivity index (χ4v) is 3.45. The van der Waals surface area contributed by atoms with Crippen LogP contribution in [0, 0.1) is 0 Å². The van der Waals surface area contributed by atoms with E-state index in [0.29, 0.717) is 53.9 Å². The van der Waals surface area contributed by atoms with Crippen molar-refractivity contribution in [3.05, 3.63) is 47.5 Å². The first-order chi connectivity index (χ1) is 15.9. The Morgan fingerprint density at radius 2 is 1.27 bits per heavy atom. The molecule has 4 aliphatic rings. The number of hydrogen-bond donors (Lipinski definition) is 0. The van der Waals surface area contributed by atoms with Gasteiger partial charge < -0.3 is 33.2 Å². The highest BCUT2D eigenvalue weighted by molar-refractivity contribution is 5.68. The Labute approximate surface area is 192 Å². The predicted octanol–water partition coefficient (Wildman–Crippen LogP) is 3.40.